The molecule has 5 aromatic rings. The number of carbonyl (C=O) groups excluding carboxylic acids is 1. The number of nitrogens with zero attached hydrogens (tertiary/aromatic N) is 3. The van der Waals surface area contributed by atoms with Gasteiger partial charge in [-0.1, -0.05) is 48.5 Å². The minimum absolute atomic E-state index is 0.166. The van der Waals surface area contributed by atoms with Gasteiger partial charge in [0.1, 0.15) is 12.4 Å². The van der Waals surface area contributed by atoms with Crippen LogP contribution in [0, 0.1) is 0 Å². The van der Waals surface area contributed by atoms with Gasteiger partial charge in [0, 0.05) is 11.6 Å². The van der Waals surface area contributed by atoms with Gasteiger partial charge in [-0.15, -0.1) is 0 Å². The smallest absolute Gasteiger partial charge is 0.267 e. The normalized spacial score (nSPS) is 11.1. The molecule has 152 valence electrons. The molecule has 0 aliphatic heterocycles. The van der Waals surface area contributed by atoms with Crippen LogP contribution in [-0.4, -0.2) is 25.7 Å². The van der Waals surface area contributed by atoms with Gasteiger partial charge in [-0.2, -0.15) is 5.10 Å². The summed E-state index contributed by atoms with van der Waals surface area (Å²) in [5.74, 6) is 0.338. The zero-order chi connectivity index (χ0) is 21.2. The predicted octanol–water partition coefficient (Wildman–Crippen LogP) is 3.26. The maximum absolute atomic E-state index is 12.4. The highest BCUT2D eigenvalue weighted by atomic mass is 16.2. The molecule has 7 nitrogen and oxygen atoms in total. The molecule has 2 heterocycles. The van der Waals surface area contributed by atoms with Crippen LogP contribution in [0.4, 0.5) is 0 Å². The van der Waals surface area contributed by atoms with E-state index in [9.17, 15) is 9.59 Å². The summed E-state index contributed by atoms with van der Waals surface area (Å²) in [6.45, 7) is 0.0765. The number of hydrogen-bond acceptors (Lipinski definition) is 4. The number of aromatic nitrogens is 4. The number of rotatable bonds is 5. The summed E-state index contributed by atoms with van der Waals surface area (Å²) in [5.41, 5.74) is 2.94. The Labute approximate surface area is 177 Å². The van der Waals surface area contributed by atoms with Crippen LogP contribution in [-0.2, 0) is 17.9 Å². The van der Waals surface area contributed by atoms with E-state index in [1.807, 2.05) is 66.7 Å². The molecule has 7 heteroatoms. The van der Waals surface area contributed by atoms with Gasteiger partial charge in [-0.25, -0.2) is 9.67 Å². The number of imidazole rings is 1. The van der Waals surface area contributed by atoms with Crippen molar-refractivity contribution in [1.29, 1.82) is 0 Å². The molecule has 3 aromatic carbocycles. The number of benzene rings is 3. The fraction of sp³-hybridized carbons (Fsp3) is 0.0833. The lowest BCUT2D eigenvalue weighted by Crippen LogP contribution is -2.33. The van der Waals surface area contributed by atoms with Crippen LogP contribution in [0.5, 0.6) is 0 Å². The largest absolute Gasteiger partial charge is 0.347 e. The third-order valence-corrected chi connectivity index (χ3v) is 5.10. The van der Waals surface area contributed by atoms with Gasteiger partial charge in [0.2, 0.25) is 5.91 Å². The van der Waals surface area contributed by atoms with Crippen LogP contribution >= 0.6 is 0 Å². The Morgan fingerprint density at radius 3 is 2.61 bits per heavy atom. The molecule has 0 aliphatic rings. The molecule has 31 heavy (non-hydrogen) atoms. The van der Waals surface area contributed by atoms with E-state index in [1.54, 1.807) is 6.07 Å². The van der Waals surface area contributed by atoms with E-state index in [0.29, 0.717) is 11.5 Å². The summed E-state index contributed by atoms with van der Waals surface area (Å²) in [6, 6.07) is 24.8. The molecule has 0 unspecified atom stereocenters. The lowest BCUT2D eigenvalue weighted by atomic mass is 10.1. The fourth-order valence-electron chi connectivity index (χ4n) is 3.53. The Hall–Kier alpha value is -4.26. The quantitative estimate of drug-likeness (QED) is 0.466. The van der Waals surface area contributed by atoms with Gasteiger partial charge in [-0.05, 0) is 35.0 Å². The molecule has 0 spiro atoms. The Kier molecular flexibility index (Phi) is 4.76. The van der Waals surface area contributed by atoms with Gasteiger partial charge in [0.15, 0.2) is 0 Å². The number of amides is 1. The molecule has 2 N–H and O–H groups in total. The number of para-hydroxylation sites is 2. The fourth-order valence-corrected chi connectivity index (χ4v) is 3.53. The lowest BCUT2D eigenvalue weighted by Gasteiger charge is -2.08. The number of fused-ring (bicyclic) bond motifs is 2. The second-order valence-electron chi connectivity index (χ2n) is 7.25. The monoisotopic (exact) mass is 409 g/mol. The Bertz CT molecular complexity index is 1430. The molecule has 0 aliphatic carbocycles. The molecule has 0 fully saturated rings. The van der Waals surface area contributed by atoms with Crippen molar-refractivity contribution >= 4 is 27.7 Å². The van der Waals surface area contributed by atoms with Gasteiger partial charge >= 0.3 is 0 Å². The zero-order valence-electron chi connectivity index (χ0n) is 16.6. The third-order valence-electron chi connectivity index (χ3n) is 5.10. The van der Waals surface area contributed by atoms with Crippen LogP contribution in [0.15, 0.2) is 83.7 Å². The van der Waals surface area contributed by atoms with E-state index in [1.165, 1.54) is 10.7 Å². The summed E-state index contributed by atoms with van der Waals surface area (Å²) in [5, 5.41) is 9.40. The maximum Gasteiger partial charge on any atom is 0.267 e. The van der Waals surface area contributed by atoms with Gasteiger partial charge in [0.25, 0.3) is 5.56 Å². The second kappa shape index (κ2) is 7.87. The molecule has 0 saturated heterocycles. The van der Waals surface area contributed by atoms with Gasteiger partial charge in [0.05, 0.1) is 23.3 Å². The highest BCUT2D eigenvalue weighted by molar-refractivity contribution is 5.86. The topological polar surface area (TPSA) is 92.7 Å². The first-order valence-electron chi connectivity index (χ1n) is 9.93. The van der Waals surface area contributed by atoms with E-state index in [4.69, 9.17) is 0 Å². The second-order valence-corrected chi connectivity index (χ2v) is 7.25. The van der Waals surface area contributed by atoms with Crippen LogP contribution in [0.2, 0.25) is 0 Å². The third kappa shape index (κ3) is 3.93. The number of hydrogen-bond donors (Lipinski definition) is 2. The molecule has 0 atom stereocenters. The summed E-state index contributed by atoms with van der Waals surface area (Å²) in [7, 11) is 0. The van der Waals surface area contributed by atoms with Crippen molar-refractivity contribution in [3.63, 3.8) is 0 Å². The van der Waals surface area contributed by atoms with Crippen molar-refractivity contribution in [2.45, 2.75) is 13.1 Å². The van der Waals surface area contributed by atoms with Crippen molar-refractivity contribution in [1.82, 2.24) is 25.1 Å². The molecular weight excluding hydrogens is 390 g/mol. The van der Waals surface area contributed by atoms with E-state index in [-0.39, 0.29) is 24.6 Å². The zero-order valence-corrected chi connectivity index (χ0v) is 16.6. The van der Waals surface area contributed by atoms with Crippen molar-refractivity contribution in [2.24, 2.45) is 0 Å². The first-order valence-corrected chi connectivity index (χ1v) is 9.93. The SMILES string of the molecule is O=C(Cn1nc(-c2ccc3ccccc3c2)ccc1=O)NCc1nc2ccccc2[nH]1. The van der Waals surface area contributed by atoms with E-state index >= 15 is 0 Å². The van der Waals surface area contributed by atoms with E-state index in [0.717, 1.165) is 27.4 Å². The van der Waals surface area contributed by atoms with Crippen molar-refractivity contribution in [3.05, 3.63) is 95.0 Å². The van der Waals surface area contributed by atoms with Crippen LogP contribution in [0.25, 0.3) is 33.1 Å². The molecule has 0 radical (unpaired) electrons. The molecule has 0 saturated carbocycles. The van der Waals surface area contributed by atoms with Gasteiger partial charge in [-0.3, -0.25) is 9.59 Å². The van der Waals surface area contributed by atoms with Crippen LogP contribution in [0.1, 0.15) is 5.82 Å². The Balaban J connectivity index is 1.32. The minimum atomic E-state index is -0.330. The summed E-state index contributed by atoms with van der Waals surface area (Å²) >= 11 is 0. The van der Waals surface area contributed by atoms with E-state index < -0.39 is 0 Å². The van der Waals surface area contributed by atoms with Gasteiger partial charge < -0.3 is 10.3 Å². The first-order chi connectivity index (χ1) is 15.2. The number of aromatic amines is 1. The summed E-state index contributed by atoms with van der Waals surface area (Å²) < 4.78 is 1.18. The van der Waals surface area contributed by atoms with Crippen LogP contribution < -0.4 is 10.9 Å². The van der Waals surface area contributed by atoms with E-state index in [2.05, 4.69) is 20.4 Å². The highest BCUT2D eigenvalue weighted by Crippen LogP contribution is 2.22. The molecule has 1 amide bonds. The summed E-state index contributed by atoms with van der Waals surface area (Å²) in [6.07, 6.45) is 0. The average molecular weight is 409 g/mol. The number of carbonyl (C=O) groups is 1. The van der Waals surface area contributed by atoms with Crippen molar-refractivity contribution in [3.8, 4) is 11.3 Å². The Morgan fingerprint density at radius 1 is 0.935 bits per heavy atom. The highest BCUT2D eigenvalue weighted by Gasteiger charge is 2.10. The van der Waals surface area contributed by atoms with Crippen molar-refractivity contribution < 1.29 is 4.79 Å². The number of H-pyrrole nitrogens is 1. The van der Waals surface area contributed by atoms with Crippen molar-refractivity contribution in [2.75, 3.05) is 0 Å². The molecule has 5 rings (SSSR count). The Morgan fingerprint density at radius 2 is 1.74 bits per heavy atom. The standard InChI is InChI=1S/C24H19N5O2/c30-23(25-14-22-26-20-7-3-4-8-21(20)27-22)15-29-24(31)12-11-19(28-29)18-10-9-16-5-1-2-6-17(16)13-18/h1-13H,14-15H2,(H,25,30)(H,26,27). The summed E-state index contributed by atoms with van der Waals surface area (Å²) in [4.78, 5) is 32.3. The maximum atomic E-state index is 12.4. The molecular formula is C24H19N5O2. The molecule has 2 aromatic heterocycles. The number of nitrogens with one attached hydrogen (secondary N) is 2. The first kappa shape index (κ1) is 18.7. The average Bonchev–Trinajstić information content (AvgIpc) is 3.22. The minimum Gasteiger partial charge on any atom is -0.347 e. The molecule has 0 bridgehead atoms. The lowest BCUT2D eigenvalue weighted by molar-refractivity contribution is -0.122. The van der Waals surface area contributed by atoms with Crippen LogP contribution in [0.3, 0.4) is 0 Å². The predicted molar refractivity (Wildman–Crippen MR) is 119 cm³/mol.